The fourth-order valence-electron chi connectivity index (χ4n) is 2.41. The average molecular weight is 381 g/mol. The van der Waals surface area contributed by atoms with Crippen molar-refractivity contribution in [3.63, 3.8) is 0 Å². The van der Waals surface area contributed by atoms with Crippen molar-refractivity contribution in [2.75, 3.05) is 17.7 Å². The van der Waals surface area contributed by atoms with E-state index in [0.717, 1.165) is 0 Å². The summed E-state index contributed by atoms with van der Waals surface area (Å²) in [6.45, 7) is 0. The van der Waals surface area contributed by atoms with Crippen molar-refractivity contribution >= 4 is 28.9 Å². The smallest absolute Gasteiger partial charge is 0.291 e. The molecule has 2 amide bonds. The van der Waals surface area contributed by atoms with E-state index in [-0.39, 0.29) is 17.1 Å². The van der Waals surface area contributed by atoms with E-state index in [1.165, 1.54) is 49.8 Å². The van der Waals surface area contributed by atoms with Gasteiger partial charge in [-0.25, -0.2) is 0 Å². The maximum atomic E-state index is 12.4. The van der Waals surface area contributed by atoms with Gasteiger partial charge in [0.2, 0.25) is 0 Å². The lowest BCUT2D eigenvalue weighted by molar-refractivity contribution is -0.384. The van der Waals surface area contributed by atoms with Crippen LogP contribution in [0.3, 0.4) is 0 Å². The molecule has 0 fully saturated rings. The first-order valence-corrected chi connectivity index (χ1v) is 8.06. The number of non-ortho nitro benzene ring substituents is 1. The van der Waals surface area contributed by atoms with Crippen molar-refractivity contribution < 1.29 is 23.7 Å². The molecule has 0 saturated heterocycles. The van der Waals surface area contributed by atoms with Crippen LogP contribution in [0.1, 0.15) is 20.9 Å². The van der Waals surface area contributed by atoms with Gasteiger partial charge in [0.05, 0.1) is 24.0 Å². The molecule has 0 unspecified atom stereocenters. The van der Waals surface area contributed by atoms with Gasteiger partial charge in [0.25, 0.3) is 17.5 Å². The summed E-state index contributed by atoms with van der Waals surface area (Å²) < 4.78 is 10.1. The quantitative estimate of drug-likeness (QED) is 0.496. The lowest BCUT2D eigenvalue weighted by atomic mass is 10.1. The highest BCUT2D eigenvalue weighted by Gasteiger charge is 2.15. The Balaban J connectivity index is 1.72. The number of rotatable bonds is 6. The van der Waals surface area contributed by atoms with Crippen molar-refractivity contribution in [2.45, 2.75) is 0 Å². The Bertz CT molecular complexity index is 1010. The molecule has 9 heteroatoms. The number of anilines is 2. The summed E-state index contributed by atoms with van der Waals surface area (Å²) in [6.07, 6.45) is 1.39. The van der Waals surface area contributed by atoms with E-state index < -0.39 is 16.7 Å². The highest BCUT2D eigenvalue weighted by Crippen LogP contribution is 2.29. The van der Waals surface area contributed by atoms with Crippen LogP contribution in [0.25, 0.3) is 0 Å². The van der Waals surface area contributed by atoms with Gasteiger partial charge in [-0.15, -0.1) is 0 Å². The minimum atomic E-state index is -0.564. The topological polar surface area (TPSA) is 124 Å². The molecule has 2 aromatic carbocycles. The Morgan fingerprint density at radius 3 is 2.39 bits per heavy atom. The number of nitrogens with zero attached hydrogens (tertiary/aromatic N) is 1. The number of nitro groups is 1. The molecule has 3 aromatic rings. The third kappa shape index (κ3) is 4.15. The fraction of sp³-hybridized carbons (Fsp3) is 0.0526. The average Bonchev–Trinajstić information content (AvgIpc) is 3.23. The molecule has 1 aromatic heterocycles. The Hall–Kier alpha value is -4.14. The number of hydrogen-bond donors (Lipinski definition) is 2. The molecule has 0 bridgehead atoms. The molecule has 0 aliphatic rings. The number of carbonyl (C=O) groups is 2. The van der Waals surface area contributed by atoms with Gasteiger partial charge >= 0.3 is 0 Å². The van der Waals surface area contributed by atoms with Gasteiger partial charge < -0.3 is 19.8 Å². The fourth-order valence-corrected chi connectivity index (χ4v) is 2.41. The maximum Gasteiger partial charge on any atom is 0.291 e. The van der Waals surface area contributed by atoms with E-state index in [0.29, 0.717) is 17.0 Å². The van der Waals surface area contributed by atoms with E-state index in [1.54, 1.807) is 18.2 Å². The molecule has 3 rings (SSSR count). The first kappa shape index (κ1) is 18.6. The van der Waals surface area contributed by atoms with Gasteiger partial charge in [0.1, 0.15) is 5.75 Å². The molecule has 2 N–H and O–H groups in total. The third-order valence-electron chi connectivity index (χ3n) is 3.79. The number of methoxy groups -OCH3 is 1. The van der Waals surface area contributed by atoms with Crippen LogP contribution in [0.2, 0.25) is 0 Å². The zero-order valence-corrected chi connectivity index (χ0v) is 14.7. The van der Waals surface area contributed by atoms with Gasteiger partial charge in [-0.2, -0.15) is 0 Å². The Morgan fingerprint density at radius 1 is 1.04 bits per heavy atom. The number of amides is 2. The highest BCUT2D eigenvalue weighted by molar-refractivity contribution is 6.06. The van der Waals surface area contributed by atoms with Crippen molar-refractivity contribution in [1.82, 2.24) is 0 Å². The molecule has 0 atom stereocenters. The number of benzene rings is 2. The Kier molecular flexibility index (Phi) is 5.35. The van der Waals surface area contributed by atoms with Crippen LogP contribution in [0.15, 0.2) is 65.3 Å². The van der Waals surface area contributed by atoms with Crippen molar-refractivity contribution in [3.05, 3.63) is 82.3 Å². The van der Waals surface area contributed by atoms with Gasteiger partial charge in [-0.3, -0.25) is 19.7 Å². The molecule has 1 heterocycles. The second-order valence-electron chi connectivity index (χ2n) is 5.60. The van der Waals surface area contributed by atoms with Crippen LogP contribution >= 0.6 is 0 Å². The number of hydrogen-bond acceptors (Lipinski definition) is 6. The van der Waals surface area contributed by atoms with Crippen LogP contribution in [-0.4, -0.2) is 23.8 Å². The predicted octanol–water partition coefficient (Wildman–Crippen LogP) is 3.70. The Labute approximate surface area is 159 Å². The molecule has 9 nitrogen and oxygen atoms in total. The minimum absolute atomic E-state index is 0.166. The largest absolute Gasteiger partial charge is 0.495 e. The number of ether oxygens (including phenoxy) is 1. The molecule has 28 heavy (non-hydrogen) atoms. The molecule has 0 radical (unpaired) electrons. The molecular weight excluding hydrogens is 366 g/mol. The van der Waals surface area contributed by atoms with E-state index in [9.17, 15) is 19.7 Å². The zero-order chi connectivity index (χ0) is 20.1. The van der Waals surface area contributed by atoms with Crippen molar-refractivity contribution in [2.24, 2.45) is 0 Å². The van der Waals surface area contributed by atoms with Gasteiger partial charge in [-0.1, -0.05) is 0 Å². The summed E-state index contributed by atoms with van der Waals surface area (Å²) in [7, 11) is 1.40. The molecule has 0 saturated carbocycles. The van der Waals surface area contributed by atoms with E-state index >= 15 is 0 Å². The monoisotopic (exact) mass is 381 g/mol. The zero-order valence-electron chi connectivity index (χ0n) is 14.7. The SMILES string of the molecule is COc1ccc([N+](=O)[O-])cc1NC(=O)c1ccc(NC(=O)c2ccco2)cc1. The first-order valence-electron chi connectivity index (χ1n) is 8.06. The number of carbonyl (C=O) groups excluding carboxylic acids is 2. The summed E-state index contributed by atoms with van der Waals surface area (Å²) in [5, 5.41) is 16.2. The molecule has 142 valence electrons. The Morgan fingerprint density at radius 2 is 1.79 bits per heavy atom. The second kappa shape index (κ2) is 8.04. The van der Waals surface area contributed by atoms with E-state index in [2.05, 4.69) is 10.6 Å². The van der Waals surface area contributed by atoms with Gasteiger partial charge in [0, 0.05) is 23.4 Å². The van der Waals surface area contributed by atoms with Crippen LogP contribution in [0.4, 0.5) is 17.1 Å². The van der Waals surface area contributed by atoms with Crippen molar-refractivity contribution in [3.8, 4) is 5.75 Å². The standard InChI is InChI=1S/C19H15N3O6/c1-27-16-9-8-14(22(25)26)11-15(16)21-18(23)12-4-6-13(7-5-12)20-19(24)17-3-2-10-28-17/h2-11H,1H3,(H,20,24)(H,21,23). The number of nitro benzene ring substituents is 1. The summed E-state index contributed by atoms with van der Waals surface area (Å²) >= 11 is 0. The maximum absolute atomic E-state index is 12.4. The molecular formula is C19H15N3O6. The second-order valence-corrected chi connectivity index (χ2v) is 5.60. The molecule has 0 aliphatic carbocycles. The lowest BCUT2D eigenvalue weighted by Gasteiger charge is -2.10. The summed E-state index contributed by atoms with van der Waals surface area (Å²) in [4.78, 5) is 34.8. The summed E-state index contributed by atoms with van der Waals surface area (Å²) in [5.41, 5.74) is 0.777. The van der Waals surface area contributed by atoms with Gasteiger partial charge in [-0.05, 0) is 42.5 Å². The summed E-state index contributed by atoms with van der Waals surface area (Å²) in [6, 6.07) is 13.2. The normalized spacial score (nSPS) is 10.2. The van der Waals surface area contributed by atoms with Gasteiger partial charge in [0.15, 0.2) is 5.76 Å². The molecule has 0 spiro atoms. The molecule has 0 aliphatic heterocycles. The number of furan rings is 1. The predicted molar refractivity (Wildman–Crippen MR) is 101 cm³/mol. The van der Waals surface area contributed by atoms with E-state index in [4.69, 9.17) is 9.15 Å². The van der Waals surface area contributed by atoms with Crippen LogP contribution in [-0.2, 0) is 0 Å². The van der Waals surface area contributed by atoms with Crippen LogP contribution < -0.4 is 15.4 Å². The third-order valence-corrected chi connectivity index (χ3v) is 3.79. The van der Waals surface area contributed by atoms with Crippen molar-refractivity contribution in [1.29, 1.82) is 0 Å². The van der Waals surface area contributed by atoms with E-state index in [1.807, 2.05) is 0 Å². The van der Waals surface area contributed by atoms with Crippen LogP contribution in [0.5, 0.6) is 5.75 Å². The highest BCUT2D eigenvalue weighted by atomic mass is 16.6. The first-order chi connectivity index (χ1) is 13.5. The number of nitrogens with one attached hydrogen (secondary N) is 2. The summed E-state index contributed by atoms with van der Waals surface area (Å²) in [5.74, 6) is -0.438. The lowest BCUT2D eigenvalue weighted by Crippen LogP contribution is -2.14. The van der Waals surface area contributed by atoms with Crippen LogP contribution in [0, 0.1) is 10.1 Å². The minimum Gasteiger partial charge on any atom is -0.495 e.